The standard InChI is InChI=1S/C21H25F2N3O2/c1-11-4-19(16-7-15(22)8-17(23)21(16)24-11)26-9-13-5-18(25-12(2)27)20(28-3)6-14(13)10-26/h4,7-8,13-14,18,20H,5-6,9-10H2,1-3H3,(H,25,27)/t13-,14+,18-,20-/m1/s1. The molecule has 5 nitrogen and oxygen atoms in total. The monoisotopic (exact) mass is 389 g/mol. The zero-order chi connectivity index (χ0) is 20.0. The number of rotatable bonds is 3. The summed E-state index contributed by atoms with van der Waals surface area (Å²) in [7, 11) is 1.68. The number of amides is 1. The van der Waals surface area contributed by atoms with Crippen molar-refractivity contribution in [2.75, 3.05) is 25.1 Å². The van der Waals surface area contributed by atoms with Crippen LogP contribution in [-0.4, -0.2) is 43.2 Å². The molecule has 2 aromatic rings. The molecule has 1 saturated heterocycles. The molecule has 2 aliphatic rings. The summed E-state index contributed by atoms with van der Waals surface area (Å²) in [6.45, 7) is 4.93. The fourth-order valence-electron chi connectivity index (χ4n) is 4.90. The van der Waals surface area contributed by atoms with E-state index in [0.717, 1.165) is 37.7 Å². The minimum absolute atomic E-state index is 0.00508. The van der Waals surface area contributed by atoms with Gasteiger partial charge in [0.05, 0.1) is 12.1 Å². The van der Waals surface area contributed by atoms with Crippen LogP contribution in [0.15, 0.2) is 18.2 Å². The summed E-state index contributed by atoms with van der Waals surface area (Å²) in [6, 6.07) is 4.14. The predicted molar refractivity (Wildman–Crippen MR) is 103 cm³/mol. The molecular formula is C21H25F2N3O2. The number of nitrogens with one attached hydrogen (secondary N) is 1. The van der Waals surface area contributed by atoms with Gasteiger partial charge in [-0.25, -0.2) is 13.8 Å². The van der Waals surface area contributed by atoms with E-state index in [1.807, 2.05) is 13.0 Å². The summed E-state index contributed by atoms with van der Waals surface area (Å²) in [5.74, 6) is -0.482. The molecule has 1 aliphatic heterocycles. The van der Waals surface area contributed by atoms with Gasteiger partial charge in [0.1, 0.15) is 11.3 Å². The topological polar surface area (TPSA) is 54.5 Å². The molecular weight excluding hydrogens is 364 g/mol. The van der Waals surface area contributed by atoms with Crippen molar-refractivity contribution in [2.24, 2.45) is 11.8 Å². The highest BCUT2D eigenvalue weighted by Gasteiger charge is 2.43. The Morgan fingerprint density at radius 2 is 1.93 bits per heavy atom. The van der Waals surface area contributed by atoms with Gasteiger partial charge < -0.3 is 15.0 Å². The Balaban J connectivity index is 1.65. The molecule has 0 radical (unpaired) electrons. The number of hydrogen-bond acceptors (Lipinski definition) is 4. The number of fused-ring (bicyclic) bond motifs is 2. The molecule has 1 aromatic carbocycles. The van der Waals surface area contributed by atoms with Crippen molar-refractivity contribution < 1.29 is 18.3 Å². The molecule has 1 aliphatic carbocycles. The maximum absolute atomic E-state index is 14.3. The van der Waals surface area contributed by atoms with E-state index in [4.69, 9.17) is 4.74 Å². The fraction of sp³-hybridized carbons (Fsp3) is 0.524. The van der Waals surface area contributed by atoms with Crippen LogP contribution in [0.2, 0.25) is 0 Å². The zero-order valence-electron chi connectivity index (χ0n) is 16.3. The highest BCUT2D eigenvalue weighted by molar-refractivity contribution is 5.92. The van der Waals surface area contributed by atoms with Crippen molar-refractivity contribution in [3.05, 3.63) is 35.5 Å². The largest absolute Gasteiger partial charge is 0.379 e. The number of carbonyl (C=O) groups is 1. The van der Waals surface area contributed by atoms with Gasteiger partial charge in [-0.05, 0) is 43.7 Å². The lowest BCUT2D eigenvalue weighted by Gasteiger charge is -2.37. The Morgan fingerprint density at radius 3 is 2.61 bits per heavy atom. The van der Waals surface area contributed by atoms with Crippen molar-refractivity contribution >= 4 is 22.5 Å². The van der Waals surface area contributed by atoms with Gasteiger partial charge in [0.2, 0.25) is 5.91 Å². The average molecular weight is 389 g/mol. The number of methoxy groups -OCH3 is 1. The van der Waals surface area contributed by atoms with Gasteiger partial charge in [0.15, 0.2) is 5.82 Å². The summed E-state index contributed by atoms with van der Waals surface area (Å²) < 4.78 is 33.8. The molecule has 2 heterocycles. The first kappa shape index (κ1) is 19.1. The first-order valence-electron chi connectivity index (χ1n) is 9.67. The summed E-state index contributed by atoms with van der Waals surface area (Å²) in [6.07, 6.45) is 1.67. The predicted octanol–water partition coefficient (Wildman–Crippen LogP) is 3.19. The number of ether oxygens (including phenoxy) is 1. The Kier molecular flexibility index (Phi) is 4.95. The zero-order valence-corrected chi connectivity index (χ0v) is 16.3. The van der Waals surface area contributed by atoms with E-state index in [1.165, 1.54) is 13.0 Å². The number of aromatic nitrogens is 1. The summed E-state index contributed by atoms with van der Waals surface area (Å²) >= 11 is 0. The van der Waals surface area contributed by atoms with Gasteiger partial charge in [-0.15, -0.1) is 0 Å². The summed E-state index contributed by atoms with van der Waals surface area (Å²) in [5, 5.41) is 3.52. The van der Waals surface area contributed by atoms with E-state index in [1.54, 1.807) is 7.11 Å². The smallest absolute Gasteiger partial charge is 0.217 e. The number of halogens is 2. The van der Waals surface area contributed by atoms with E-state index in [0.29, 0.717) is 22.9 Å². The number of benzene rings is 1. The van der Waals surface area contributed by atoms with E-state index in [9.17, 15) is 13.6 Å². The molecule has 1 aromatic heterocycles. The first-order valence-corrected chi connectivity index (χ1v) is 9.67. The number of nitrogens with zero attached hydrogens (tertiary/aromatic N) is 2. The Morgan fingerprint density at radius 1 is 1.21 bits per heavy atom. The van der Waals surface area contributed by atoms with Gasteiger partial charge in [-0.3, -0.25) is 4.79 Å². The SMILES string of the molecule is CO[C@@H]1C[C@H]2CN(c3cc(C)nc4c(F)cc(F)cc34)C[C@H]2C[C@H]1NC(C)=O. The number of pyridine rings is 1. The molecule has 1 N–H and O–H groups in total. The highest BCUT2D eigenvalue weighted by atomic mass is 19.1. The normalized spacial score (nSPS) is 27.1. The highest BCUT2D eigenvalue weighted by Crippen LogP contribution is 2.41. The van der Waals surface area contributed by atoms with Crippen molar-refractivity contribution in [1.82, 2.24) is 10.3 Å². The van der Waals surface area contributed by atoms with Crippen LogP contribution < -0.4 is 10.2 Å². The summed E-state index contributed by atoms with van der Waals surface area (Å²) in [4.78, 5) is 18.0. The Labute approximate surface area is 163 Å². The fourth-order valence-corrected chi connectivity index (χ4v) is 4.90. The van der Waals surface area contributed by atoms with E-state index < -0.39 is 11.6 Å². The first-order chi connectivity index (χ1) is 13.4. The van der Waals surface area contributed by atoms with Gasteiger partial charge in [-0.2, -0.15) is 0 Å². The van der Waals surface area contributed by atoms with E-state index in [-0.39, 0.29) is 23.6 Å². The Hall–Kier alpha value is -2.28. The molecule has 1 amide bonds. The second-order valence-corrected chi connectivity index (χ2v) is 8.04. The molecule has 1 saturated carbocycles. The minimum Gasteiger partial charge on any atom is -0.379 e. The van der Waals surface area contributed by atoms with E-state index >= 15 is 0 Å². The van der Waals surface area contributed by atoms with Gasteiger partial charge in [-0.1, -0.05) is 0 Å². The van der Waals surface area contributed by atoms with Crippen molar-refractivity contribution in [1.29, 1.82) is 0 Å². The van der Waals surface area contributed by atoms with Crippen LogP contribution in [0.5, 0.6) is 0 Å². The van der Waals surface area contributed by atoms with Crippen LogP contribution in [0.1, 0.15) is 25.5 Å². The number of carbonyl (C=O) groups excluding carboxylic acids is 1. The maximum Gasteiger partial charge on any atom is 0.217 e. The van der Waals surface area contributed by atoms with Crippen LogP contribution in [0.3, 0.4) is 0 Å². The van der Waals surface area contributed by atoms with Crippen LogP contribution in [-0.2, 0) is 9.53 Å². The Bertz CT molecular complexity index is 920. The van der Waals surface area contributed by atoms with Crippen LogP contribution in [0.25, 0.3) is 10.9 Å². The third kappa shape index (κ3) is 3.43. The average Bonchev–Trinajstić information content (AvgIpc) is 3.03. The lowest BCUT2D eigenvalue weighted by Crippen LogP contribution is -2.49. The van der Waals surface area contributed by atoms with Crippen LogP contribution >= 0.6 is 0 Å². The molecule has 0 spiro atoms. The van der Waals surface area contributed by atoms with Gasteiger partial charge in [0.25, 0.3) is 0 Å². The quantitative estimate of drug-likeness (QED) is 0.876. The number of hydrogen-bond donors (Lipinski definition) is 1. The summed E-state index contributed by atoms with van der Waals surface area (Å²) in [5.41, 5.74) is 1.73. The second kappa shape index (κ2) is 7.28. The third-order valence-corrected chi connectivity index (χ3v) is 6.09. The molecule has 150 valence electrons. The molecule has 28 heavy (non-hydrogen) atoms. The van der Waals surface area contributed by atoms with Crippen LogP contribution in [0, 0.1) is 30.4 Å². The number of aryl methyl sites for hydroxylation is 1. The van der Waals surface area contributed by atoms with E-state index in [2.05, 4.69) is 15.2 Å². The molecule has 7 heteroatoms. The van der Waals surface area contributed by atoms with Crippen LogP contribution in [0.4, 0.5) is 14.5 Å². The maximum atomic E-state index is 14.3. The number of anilines is 1. The molecule has 2 fully saturated rings. The molecule has 0 bridgehead atoms. The lowest BCUT2D eigenvalue weighted by atomic mass is 9.77. The lowest BCUT2D eigenvalue weighted by molar-refractivity contribution is -0.121. The second-order valence-electron chi connectivity index (χ2n) is 8.04. The van der Waals surface area contributed by atoms with Crippen molar-refractivity contribution in [2.45, 2.75) is 38.8 Å². The molecule has 0 unspecified atom stereocenters. The third-order valence-electron chi connectivity index (χ3n) is 6.09. The minimum atomic E-state index is -0.637. The molecule has 4 rings (SSSR count). The van der Waals surface area contributed by atoms with Gasteiger partial charge in [0, 0.05) is 50.0 Å². The van der Waals surface area contributed by atoms with Crippen molar-refractivity contribution in [3.63, 3.8) is 0 Å². The van der Waals surface area contributed by atoms with Crippen molar-refractivity contribution in [3.8, 4) is 0 Å². The molecule has 4 atom stereocenters. The van der Waals surface area contributed by atoms with Gasteiger partial charge >= 0.3 is 0 Å².